The zero-order valence-corrected chi connectivity index (χ0v) is 19.9. The second-order valence-corrected chi connectivity index (χ2v) is 10.9. The zero-order chi connectivity index (χ0) is 22.3. The number of hydrogen-bond acceptors (Lipinski definition) is 6. The average molecular weight is 458 g/mol. The number of carbonyl (C=O) groups excluding carboxylic acids is 1. The number of rotatable bonds is 5. The third-order valence-electron chi connectivity index (χ3n) is 4.77. The summed E-state index contributed by atoms with van der Waals surface area (Å²) in [4.78, 5) is 14.6. The molecule has 30 heavy (non-hydrogen) atoms. The summed E-state index contributed by atoms with van der Waals surface area (Å²) in [5.41, 5.74) is 0.820. The number of benzene rings is 1. The van der Waals surface area contributed by atoms with Gasteiger partial charge in [0.25, 0.3) is 0 Å². The molecule has 1 aromatic carbocycles. The number of halogens is 1. The molecule has 0 N–H and O–H groups in total. The standard InChI is InChI=1S/C20H29ClN3O5P/c1-7-27-30(26,28-8-2)24-13-20(6)12-23(18(25)29-19(3,4)5)16-11-14(21)9-10-15(16)17(20)22-24/h9-11H,7-8,12-13H2,1-6H3. The first kappa shape index (κ1) is 23.1. The fourth-order valence-corrected chi connectivity index (χ4v) is 5.49. The largest absolute Gasteiger partial charge is 0.450 e. The Morgan fingerprint density at radius 2 is 1.87 bits per heavy atom. The van der Waals surface area contributed by atoms with Crippen LogP contribution in [-0.4, -0.2) is 48.5 Å². The molecule has 1 unspecified atom stereocenters. The van der Waals surface area contributed by atoms with Crippen LogP contribution in [0.2, 0.25) is 5.02 Å². The fraction of sp³-hybridized carbons (Fsp3) is 0.600. The molecule has 3 rings (SSSR count). The van der Waals surface area contributed by atoms with Crippen LogP contribution in [0.1, 0.15) is 47.1 Å². The number of amides is 1. The van der Waals surface area contributed by atoms with E-state index in [0.717, 1.165) is 5.56 Å². The highest BCUT2D eigenvalue weighted by molar-refractivity contribution is 7.51. The number of hydrogen-bond donors (Lipinski definition) is 0. The van der Waals surface area contributed by atoms with Gasteiger partial charge < -0.3 is 4.74 Å². The zero-order valence-electron chi connectivity index (χ0n) is 18.3. The maximum atomic E-state index is 13.3. The molecule has 0 bridgehead atoms. The minimum atomic E-state index is -3.60. The van der Waals surface area contributed by atoms with Crippen molar-refractivity contribution in [3.63, 3.8) is 0 Å². The van der Waals surface area contributed by atoms with Gasteiger partial charge in [0.05, 0.1) is 36.6 Å². The minimum absolute atomic E-state index is 0.228. The predicted molar refractivity (Wildman–Crippen MR) is 117 cm³/mol. The van der Waals surface area contributed by atoms with Crippen molar-refractivity contribution in [2.45, 2.75) is 47.1 Å². The van der Waals surface area contributed by atoms with Gasteiger partial charge in [-0.2, -0.15) is 9.88 Å². The summed E-state index contributed by atoms with van der Waals surface area (Å²) in [6.07, 6.45) is -0.470. The van der Waals surface area contributed by atoms with Gasteiger partial charge in [-0.25, -0.2) is 9.36 Å². The van der Waals surface area contributed by atoms with Gasteiger partial charge >= 0.3 is 13.8 Å². The van der Waals surface area contributed by atoms with Crippen LogP contribution in [0, 0.1) is 5.41 Å². The van der Waals surface area contributed by atoms with Crippen LogP contribution in [0.15, 0.2) is 23.3 Å². The maximum absolute atomic E-state index is 13.3. The second-order valence-electron chi connectivity index (χ2n) is 8.57. The van der Waals surface area contributed by atoms with Crippen molar-refractivity contribution in [3.05, 3.63) is 28.8 Å². The highest BCUT2D eigenvalue weighted by atomic mass is 35.5. The van der Waals surface area contributed by atoms with E-state index in [1.807, 2.05) is 33.8 Å². The summed E-state index contributed by atoms with van der Waals surface area (Å²) in [7, 11) is -3.60. The summed E-state index contributed by atoms with van der Waals surface area (Å²) < 4.78 is 31.3. The molecule has 0 radical (unpaired) electrons. The van der Waals surface area contributed by atoms with Gasteiger partial charge in [0.1, 0.15) is 5.60 Å². The molecule has 8 nitrogen and oxygen atoms in total. The molecular weight excluding hydrogens is 429 g/mol. The third kappa shape index (κ3) is 4.37. The molecule has 2 aliphatic heterocycles. The van der Waals surface area contributed by atoms with Crippen LogP contribution >= 0.6 is 19.3 Å². The highest BCUT2D eigenvalue weighted by Crippen LogP contribution is 2.57. The molecule has 166 valence electrons. The molecule has 1 aromatic rings. The minimum Gasteiger partial charge on any atom is -0.443 e. The molecule has 0 saturated carbocycles. The highest BCUT2D eigenvalue weighted by Gasteiger charge is 2.51. The van der Waals surface area contributed by atoms with Crippen molar-refractivity contribution >= 4 is 36.8 Å². The van der Waals surface area contributed by atoms with Crippen molar-refractivity contribution < 1.29 is 23.1 Å². The Bertz CT molecular complexity index is 906. The van der Waals surface area contributed by atoms with E-state index in [1.54, 1.807) is 30.9 Å². The van der Waals surface area contributed by atoms with Crippen LogP contribution < -0.4 is 4.90 Å². The number of fused-ring (bicyclic) bond motifs is 3. The van der Waals surface area contributed by atoms with E-state index >= 15 is 0 Å². The van der Waals surface area contributed by atoms with Crippen LogP contribution in [0.25, 0.3) is 0 Å². The number of hydrazone groups is 1. The lowest BCUT2D eigenvalue weighted by molar-refractivity contribution is 0.0569. The quantitative estimate of drug-likeness (QED) is 0.558. The van der Waals surface area contributed by atoms with Crippen molar-refractivity contribution in [2.24, 2.45) is 10.5 Å². The van der Waals surface area contributed by atoms with E-state index in [-0.39, 0.29) is 19.8 Å². The third-order valence-corrected chi connectivity index (χ3v) is 6.97. The monoisotopic (exact) mass is 457 g/mol. The number of nitrogens with zero attached hydrogens (tertiary/aromatic N) is 3. The van der Waals surface area contributed by atoms with E-state index in [2.05, 4.69) is 5.10 Å². The molecule has 0 spiro atoms. The SMILES string of the molecule is CCOP(=O)(OCC)N1CC2(C)CN(C(=O)OC(C)(C)C)c3cc(Cl)ccc3C2=N1. The van der Waals surface area contributed by atoms with E-state index < -0.39 is 24.9 Å². The summed E-state index contributed by atoms with van der Waals surface area (Å²) in [5.74, 6) is 0. The average Bonchev–Trinajstić information content (AvgIpc) is 2.98. The first-order chi connectivity index (χ1) is 13.9. The predicted octanol–water partition coefficient (Wildman–Crippen LogP) is 5.30. The maximum Gasteiger partial charge on any atom is 0.450 e. The molecule has 2 heterocycles. The van der Waals surface area contributed by atoms with Gasteiger partial charge in [-0.15, -0.1) is 0 Å². The topological polar surface area (TPSA) is 80.7 Å². The number of carbonyl (C=O) groups is 1. The number of anilines is 1. The second kappa shape index (κ2) is 8.15. The van der Waals surface area contributed by atoms with Crippen LogP contribution in [0.5, 0.6) is 0 Å². The Morgan fingerprint density at radius 3 is 2.43 bits per heavy atom. The normalized spacial score (nSPS) is 21.2. The molecule has 0 aliphatic carbocycles. The molecule has 0 aromatic heterocycles. The Kier molecular flexibility index (Phi) is 6.27. The summed E-state index contributed by atoms with van der Waals surface area (Å²) in [6.45, 7) is 12.0. The van der Waals surface area contributed by atoms with Crippen molar-refractivity contribution in [2.75, 3.05) is 31.2 Å². The molecule has 0 saturated heterocycles. The fourth-order valence-electron chi connectivity index (χ4n) is 3.64. The van der Waals surface area contributed by atoms with Gasteiger partial charge in [-0.05, 0) is 52.8 Å². The van der Waals surface area contributed by atoms with Crippen LogP contribution in [0.3, 0.4) is 0 Å². The van der Waals surface area contributed by atoms with Gasteiger partial charge in [0.15, 0.2) is 0 Å². The molecule has 10 heteroatoms. The summed E-state index contributed by atoms with van der Waals surface area (Å²) >= 11 is 6.23. The number of ether oxygens (including phenoxy) is 1. The van der Waals surface area contributed by atoms with Crippen LogP contribution in [0.4, 0.5) is 10.5 Å². The summed E-state index contributed by atoms with van der Waals surface area (Å²) in [5, 5.41) is 5.14. The van der Waals surface area contributed by atoms with E-state index in [4.69, 9.17) is 25.4 Å². The molecule has 2 aliphatic rings. The smallest absolute Gasteiger partial charge is 0.443 e. The Hall–Kier alpha value is -1.60. The lowest BCUT2D eigenvalue weighted by Gasteiger charge is -2.40. The molecule has 0 fully saturated rings. The van der Waals surface area contributed by atoms with Gasteiger partial charge in [-0.3, -0.25) is 13.9 Å². The van der Waals surface area contributed by atoms with E-state index in [9.17, 15) is 9.36 Å². The van der Waals surface area contributed by atoms with Crippen molar-refractivity contribution in [1.29, 1.82) is 0 Å². The Balaban J connectivity index is 2.06. The van der Waals surface area contributed by atoms with Gasteiger partial charge in [0.2, 0.25) is 0 Å². The molecule has 1 atom stereocenters. The lowest BCUT2D eigenvalue weighted by atomic mass is 9.78. The van der Waals surface area contributed by atoms with E-state index in [1.165, 1.54) is 4.78 Å². The van der Waals surface area contributed by atoms with E-state index in [0.29, 0.717) is 23.0 Å². The van der Waals surface area contributed by atoms with Crippen molar-refractivity contribution in [3.8, 4) is 0 Å². The Morgan fingerprint density at radius 1 is 1.23 bits per heavy atom. The first-order valence-electron chi connectivity index (χ1n) is 9.99. The van der Waals surface area contributed by atoms with Crippen molar-refractivity contribution in [1.82, 2.24) is 4.78 Å². The van der Waals surface area contributed by atoms with Crippen LogP contribution in [-0.2, 0) is 18.3 Å². The van der Waals surface area contributed by atoms with Gasteiger partial charge in [-0.1, -0.05) is 18.5 Å². The lowest BCUT2D eigenvalue weighted by Crippen LogP contribution is -2.51. The summed E-state index contributed by atoms with van der Waals surface area (Å²) in [6, 6.07) is 5.28. The first-order valence-corrected chi connectivity index (χ1v) is 11.9. The van der Waals surface area contributed by atoms with Gasteiger partial charge in [0, 0.05) is 17.1 Å². The molecular formula is C20H29ClN3O5P. The molecule has 1 amide bonds. The Labute approximate surface area is 182 Å².